The van der Waals surface area contributed by atoms with E-state index in [1.165, 1.54) is 31.5 Å². The molecule has 0 aliphatic heterocycles. The third kappa shape index (κ3) is 3.51. The van der Waals surface area contributed by atoms with Gasteiger partial charge in [0.15, 0.2) is 5.16 Å². The number of rotatable bonds is 8. The van der Waals surface area contributed by atoms with Gasteiger partial charge in [0.1, 0.15) is 5.82 Å². The highest BCUT2D eigenvalue weighted by atomic mass is 32.2. The molecule has 0 aromatic carbocycles. The van der Waals surface area contributed by atoms with Gasteiger partial charge < -0.3 is 9.88 Å². The second-order valence-corrected chi connectivity index (χ2v) is 7.22. The second-order valence-electron chi connectivity index (χ2n) is 6.16. The van der Waals surface area contributed by atoms with E-state index in [-0.39, 0.29) is 0 Å². The normalized spacial score (nSPS) is 19.3. The number of thioether (sulfide) groups is 1. The van der Waals surface area contributed by atoms with Crippen LogP contribution in [0.15, 0.2) is 5.16 Å². The Bertz CT molecular complexity index is 421. The van der Waals surface area contributed by atoms with Crippen LogP contribution < -0.4 is 5.32 Å². The SMILES string of the molecule is CC(C)CNCCSc1nnc(C2CC2)n1C1CC1. The Hall–Kier alpha value is -0.550. The molecule has 1 aromatic heterocycles. The fraction of sp³-hybridized carbons (Fsp3) is 0.857. The Labute approximate surface area is 119 Å². The quantitative estimate of drug-likeness (QED) is 0.587. The average Bonchev–Trinajstić information content (AvgIpc) is 3.28. The zero-order valence-corrected chi connectivity index (χ0v) is 12.7. The molecule has 4 nitrogen and oxygen atoms in total. The zero-order valence-electron chi connectivity index (χ0n) is 11.9. The minimum atomic E-state index is 0.705. The molecule has 0 radical (unpaired) electrons. The van der Waals surface area contributed by atoms with Gasteiger partial charge in [-0.25, -0.2) is 0 Å². The summed E-state index contributed by atoms with van der Waals surface area (Å²) >= 11 is 1.86. The molecular weight excluding hydrogens is 256 g/mol. The van der Waals surface area contributed by atoms with Gasteiger partial charge in [-0.05, 0) is 38.1 Å². The highest BCUT2D eigenvalue weighted by Gasteiger charge is 2.36. The first kappa shape index (κ1) is 13.4. The summed E-state index contributed by atoms with van der Waals surface area (Å²) in [6.45, 7) is 6.64. The van der Waals surface area contributed by atoms with Crippen molar-refractivity contribution in [1.82, 2.24) is 20.1 Å². The van der Waals surface area contributed by atoms with E-state index in [0.29, 0.717) is 12.0 Å². The van der Waals surface area contributed by atoms with Crippen LogP contribution in [-0.4, -0.2) is 33.6 Å². The molecule has 0 bridgehead atoms. The van der Waals surface area contributed by atoms with E-state index in [1.807, 2.05) is 11.8 Å². The van der Waals surface area contributed by atoms with Crippen LogP contribution in [0, 0.1) is 5.92 Å². The van der Waals surface area contributed by atoms with Gasteiger partial charge in [-0.15, -0.1) is 10.2 Å². The highest BCUT2D eigenvalue weighted by molar-refractivity contribution is 7.99. The van der Waals surface area contributed by atoms with Gasteiger partial charge in [0.25, 0.3) is 0 Å². The standard InChI is InChI=1S/C14H24N4S/c1-10(2)9-15-7-8-19-14-17-16-13(11-3-4-11)18(14)12-5-6-12/h10-12,15H,3-9H2,1-2H3. The van der Waals surface area contributed by atoms with Crippen molar-refractivity contribution in [3.8, 4) is 0 Å². The van der Waals surface area contributed by atoms with Gasteiger partial charge >= 0.3 is 0 Å². The molecule has 0 amide bonds. The van der Waals surface area contributed by atoms with Crippen LogP contribution in [0.3, 0.4) is 0 Å². The van der Waals surface area contributed by atoms with Crippen LogP contribution >= 0.6 is 11.8 Å². The highest BCUT2D eigenvalue weighted by Crippen LogP contribution is 2.45. The molecule has 1 aromatic rings. The number of hydrogen-bond donors (Lipinski definition) is 1. The number of aromatic nitrogens is 3. The Morgan fingerprint density at radius 2 is 2.05 bits per heavy atom. The van der Waals surface area contributed by atoms with Crippen molar-refractivity contribution in [2.45, 2.75) is 56.6 Å². The van der Waals surface area contributed by atoms with E-state index >= 15 is 0 Å². The maximum Gasteiger partial charge on any atom is 0.191 e. The zero-order chi connectivity index (χ0) is 13.2. The Balaban J connectivity index is 1.52. The Kier molecular flexibility index (Phi) is 4.12. The molecule has 0 saturated heterocycles. The molecular formula is C14H24N4S. The van der Waals surface area contributed by atoms with E-state index in [2.05, 4.69) is 33.9 Å². The van der Waals surface area contributed by atoms with Crippen molar-refractivity contribution in [2.24, 2.45) is 5.92 Å². The molecule has 2 saturated carbocycles. The largest absolute Gasteiger partial charge is 0.316 e. The molecule has 106 valence electrons. The third-order valence-electron chi connectivity index (χ3n) is 3.61. The molecule has 0 spiro atoms. The van der Waals surface area contributed by atoms with Gasteiger partial charge in [0.2, 0.25) is 0 Å². The van der Waals surface area contributed by atoms with Crippen molar-refractivity contribution in [3.63, 3.8) is 0 Å². The van der Waals surface area contributed by atoms with Crippen molar-refractivity contribution in [3.05, 3.63) is 5.82 Å². The molecule has 0 unspecified atom stereocenters. The first-order valence-electron chi connectivity index (χ1n) is 7.54. The summed E-state index contributed by atoms with van der Waals surface area (Å²) in [5, 5.41) is 13.5. The first-order chi connectivity index (χ1) is 9.25. The Morgan fingerprint density at radius 1 is 1.26 bits per heavy atom. The molecule has 0 atom stereocenters. The smallest absolute Gasteiger partial charge is 0.191 e. The molecule has 2 aliphatic carbocycles. The molecule has 19 heavy (non-hydrogen) atoms. The second kappa shape index (κ2) is 5.83. The predicted molar refractivity (Wildman–Crippen MR) is 78.7 cm³/mol. The van der Waals surface area contributed by atoms with Crippen LogP contribution in [0.2, 0.25) is 0 Å². The number of hydrogen-bond acceptors (Lipinski definition) is 4. The van der Waals surface area contributed by atoms with Crippen molar-refractivity contribution in [2.75, 3.05) is 18.8 Å². The van der Waals surface area contributed by atoms with Gasteiger partial charge in [-0.1, -0.05) is 25.6 Å². The van der Waals surface area contributed by atoms with Crippen LogP contribution in [0.5, 0.6) is 0 Å². The van der Waals surface area contributed by atoms with Crippen molar-refractivity contribution >= 4 is 11.8 Å². The minimum Gasteiger partial charge on any atom is -0.316 e. The lowest BCUT2D eigenvalue weighted by atomic mass is 10.2. The average molecular weight is 280 g/mol. The fourth-order valence-corrected chi connectivity index (χ4v) is 3.20. The molecule has 2 fully saturated rings. The summed E-state index contributed by atoms with van der Waals surface area (Å²) in [4.78, 5) is 0. The summed E-state index contributed by atoms with van der Waals surface area (Å²) in [5.74, 6) is 3.78. The van der Waals surface area contributed by atoms with Crippen molar-refractivity contribution in [1.29, 1.82) is 0 Å². The van der Waals surface area contributed by atoms with Crippen LogP contribution in [0.25, 0.3) is 0 Å². The van der Waals surface area contributed by atoms with Crippen molar-refractivity contribution < 1.29 is 0 Å². The number of nitrogens with zero attached hydrogens (tertiary/aromatic N) is 3. The summed E-state index contributed by atoms with van der Waals surface area (Å²) in [6, 6.07) is 0.705. The first-order valence-corrected chi connectivity index (χ1v) is 8.52. The van der Waals surface area contributed by atoms with E-state index in [9.17, 15) is 0 Å². The molecule has 1 N–H and O–H groups in total. The summed E-state index contributed by atoms with van der Waals surface area (Å²) < 4.78 is 2.44. The van der Waals surface area contributed by atoms with E-state index in [1.54, 1.807) is 0 Å². The van der Waals surface area contributed by atoms with Crippen LogP contribution in [-0.2, 0) is 0 Å². The van der Waals surface area contributed by atoms with Crippen LogP contribution in [0.1, 0.15) is 57.3 Å². The van der Waals surface area contributed by atoms with Crippen LogP contribution in [0.4, 0.5) is 0 Å². The van der Waals surface area contributed by atoms with Gasteiger partial charge in [0, 0.05) is 24.3 Å². The summed E-state index contributed by atoms with van der Waals surface area (Å²) in [7, 11) is 0. The van der Waals surface area contributed by atoms with Gasteiger partial charge in [-0.2, -0.15) is 0 Å². The molecule has 3 rings (SSSR count). The lowest BCUT2D eigenvalue weighted by Gasteiger charge is -2.09. The Morgan fingerprint density at radius 3 is 2.68 bits per heavy atom. The topological polar surface area (TPSA) is 42.7 Å². The maximum absolute atomic E-state index is 4.44. The summed E-state index contributed by atoms with van der Waals surface area (Å²) in [6.07, 6.45) is 5.25. The lowest BCUT2D eigenvalue weighted by Crippen LogP contribution is -2.22. The lowest BCUT2D eigenvalue weighted by molar-refractivity contribution is 0.567. The van der Waals surface area contributed by atoms with E-state index in [4.69, 9.17) is 0 Å². The van der Waals surface area contributed by atoms with E-state index in [0.717, 1.165) is 29.9 Å². The number of nitrogens with one attached hydrogen (secondary N) is 1. The fourth-order valence-electron chi connectivity index (χ4n) is 2.29. The van der Waals surface area contributed by atoms with Gasteiger partial charge in [0.05, 0.1) is 0 Å². The summed E-state index contributed by atoms with van der Waals surface area (Å²) in [5.41, 5.74) is 0. The molecule has 1 heterocycles. The molecule has 2 aliphatic rings. The monoisotopic (exact) mass is 280 g/mol. The van der Waals surface area contributed by atoms with E-state index < -0.39 is 0 Å². The van der Waals surface area contributed by atoms with Gasteiger partial charge in [-0.3, -0.25) is 0 Å². The predicted octanol–water partition coefficient (Wildman–Crippen LogP) is 2.83. The third-order valence-corrected chi connectivity index (χ3v) is 4.55. The maximum atomic E-state index is 4.44. The minimum absolute atomic E-state index is 0.705. The molecule has 5 heteroatoms.